The molecule has 1 aliphatic heterocycles. The van der Waals surface area contributed by atoms with Crippen molar-refractivity contribution >= 4 is 16.9 Å². The molecule has 1 aromatic carbocycles. The fourth-order valence-electron chi connectivity index (χ4n) is 4.28. The van der Waals surface area contributed by atoms with E-state index in [-0.39, 0.29) is 17.9 Å². The number of imidazole rings is 1. The SMILES string of the molecule is O=C(CCn1cnc2ccccc21)N1CCC[C@](CO)(CC2CC2)C1. The maximum absolute atomic E-state index is 12.7. The Morgan fingerprint density at radius 2 is 2.16 bits per heavy atom. The Bertz CT molecular complexity index is 752. The predicted octanol–water partition coefficient (Wildman–Crippen LogP) is 2.83. The van der Waals surface area contributed by atoms with Crippen molar-refractivity contribution in [2.45, 2.75) is 45.1 Å². The molecule has 134 valence electrons. The summed E-state index contributed by atoms with van der Waals surface area (Å²) in [5, 5.41) is 9.97. The quantitative estimate of drug-likeness (QED) is 0.879. The van der Waals surface area contributed by atoms with E-state index in [0.717, 1.165) is 49.3 Å². The maximum Gasteiger partial charge on any atom is 0.224 e. The van der Waals surface area contributed by atoms with Gasteiger partial charge in [-0.15, -0.1) is 0 Å². The Morgan fingerprint density at radius 3 is 2.96 bits per heavy atom. The fourth-order valence-corrected chi connectivity index (χ4v) is 4.28. The normalized spacial score (nSPS) is 24.0. The van der Waals surface area contributed by atoms with Crippen LogP contribution in [-0.2, 0) is 11.3 Å². The fraction of sp³-hybridized carbons (Fsp3) is 0.600. The Hall–Kier alpha value is -1.88. The van der Waals surface area contributed by atoms with Crippen molar-refractivity contribution in [2.24, 2.45) is 11.3 Å². The van der Waals surface area contributed by atoms with E-state index in [1.54, 1.807) is 0 Å². The summed E-state index contributed by atoms with van der Waals surface area (Å²) in [6, 6.07) is 8.01. The van der Waals surface area contributed by atoms with Gasteiger partial charge in [0, 0.05) is 31.5 Å². The minimum absolute atomic E-state index is 0.0588. The van der Waals surface area contributed by atoms with Gasteiger partial charge in [-0.25, -0.2) is 4.98 Å². The summed E-state index contributed by atoms with van der Waals surface area (Å²) in [4.78, 5) is 19.1. The van der Waals surface area contributed by atoms with Crippen molar-refractivity contribution in [2.75, 3.05) is 19.7 Å². The van der Waals surface area contributed by atoms with Crippen LogP contribution in [0.15, 0.2) is 30.6 Å². The maximum atomic E-state index is 12.7. The number of aryl methyl sites for hydroxylation is 1. The van der Waals surface area contributed by atoms with Gasteiger partial charge in [0.25, 0.3) is 0 Å². The lowest BCUT2D eigenvalue weighted by Gasteiger charge is -2.42. The Balaban J connectivity index is 1.38. The predicted molar refractivity (Wildman–Crippen MR) is 97.0 cm³/mol. The van der Waals surface area contributed by atoms with E-state index in [1.807, 2.05) is 35.5 Å². The molecule has 2 aromatic rings. The van der Waals surface area contributed by atoms with Crippen molar-refractivity contribution in [3.63, 3.8) is 0 Å². The highest BCUT2D eigenvalue weighted by Gasteiger charge is 2.40. The zero-order valence-corrected chi connectivity index (χ0v) is 14.7. The van der Waals surface area contributed by atoms with E-state index in [4.69, 9.17) is 0 Å². The summed E-state index contributed by atoms with van der Waals surface area (Å²) in [7, 11) is 0. The largest absolute Gasteiger partial charge is 0.396 e. The molecule has 0 spiro atoms. The van der Waals surface area contributed by atoms with Gasteiger partial charge < -0.3 is 14.6 Å². The molecule has 25 heavy (non-hydrogen) atoms. The van der Waals surface area contributed by atoms with Crippen LogP contribution in [0, 0.1) is 11.3 Å². The zero-order valence-electron chi connectivity index (χ0n) is 14.7. The van der Waals surface area contributed by atoms with E-state index < -0.39 is 0 Å². The van der Waals surface area contributed by atoms with Gasteiger partial charge in [-0.05, 0) is 37.3 Å². The summed E-state index contributed by atoms with van der Waals surface area (Å²) < 4.78 is 2.06. The molecule has 1 saturated carbocycles. The number of nitrogens with zero attached hydrogens (tertiary/aromatic N) is 3. The number of hydrogen-bond donors (Lipinski definition) is 1. The van der Waals surface area contributed by atoms with Gasteiger partial charge in [0.15, 0.2) is 0 Å². The third-order valence-corrected chi connectivity index (χ3v) is 5.86. The molecule has 1 amide bonds. The Kier molecular flexibility index (Phi) is 4.50. The number of amides is 1. The number of para-hydroxylation sites is 2. The van der Waals surface area contributed by atoms with Crippen molar-refractivity contribution in [3.8, 4) is 0 Å². The first-order valence-corrected chi connectivity index (χ1v) is 9.48. The molecule has 2 heterocycles. The molecule has 4 rings (SSSR count). The van der Waals surface area contributed by atoms with E-state index in [2.05, 4.69) is 9.55 Å². The van der Waals surface area contributed by atoms with Crippen LogP contribution in [0.2, 0.25) is 0 Å². The first kappa shape index (κ1) is 16.6. The summed E-state index contributed by atoms with van der Waals surface area (Å²) in [6.45, 7) is 2.42. The molecular weight excluding hydrogens is 314 g/mol. The number of hydrogen-bond acceptors (Lipinski definition) is 3. The van der Waals surface area contributed by atoms with Gasteiger partial charge in [0.2, 0.25) is 5.91 Å². The van der Waals surface area contributed by atoms with Crippen LogP contribution < -0.4 is 0 Å². The van der Waals surface area contributed by atoms with E-state index in [9.17, 15) is 9.90 Å². The summed E-state index contributed by atoms with van der Waals surface area (Å²) in [5.74, 6) is 0.977. The standard InChI is InChI=1S/C20H27N3O2/c24-14-20(12-16-6-7-16)9-3-10-22(13-20)19(25)8-11-23-15-21-17-4-1-2-5-18(17)23/h1-2,4-5,15-16,24H,3,6-14H2/t20-/m0/s1. The number of fused-ring (bicyclic) bond motifs is 1. The summed E-state index contributed by atoms with van der Waals surface area (Å²) in [6.07, 6.45) is 8.04. The average molecular weight is 341 g/mol. The topological polar surface area (TPSA) is 58.4 Å². The number of rotatable bonds is 6. The van der Waals surface area contributed by atoms with Crippen LogP contribution in [0.25, 0.3) is 11.0 Å². The van der Waals surface area contributed by atoms with Crippen molar-refractivity contribution < 1.29 is 9.90 Å². The second-order valence-corrected chi connectivity index (χ2v) is 7.90. The molecule has 1 N–H and O–H groups in total. The van der Waals surface area contributed by atoms with Crippen LogP contribution in [0.1, 0.15) is 38.5 Å². The highest BCUT2D eigenvalue weighted by molar-refractivity contribution is 5.77. The van der Waals surface area contributed by atoms with Crippen LogP contribution in [0.4, 0.5) is 0 Å². The second-order valence-electron chi connectivity index (χ2n) is 7.90. The van der Waals surface area contributed by atoms with E-state index >= 15 is 0 Å². The van der Waals surface area contributed by atoms with Gasteiger partial charge in [0.05, 0.1) is 24.0 Å². The monoisotopic (exact) mass is 341 g/mol. The number of benzene rings is 1. The Morgan fingerprint density at radius 1 is 1.32 bits per heavy atom. The number of aromatic nitrogens is 2. The molecule has 0 unspecified atom stereocenters. The zero-order chi connectivity index (χ0) is 17.3. The van der Waals surface area contributed by atoms with Crippen LogP contribution in [0.3, 0.4) is 0 Å². The number of carbonyl (C=O) groups excluding carboxylic acids is 1. The summed E-state index contributed by atoms with van der Waals surface area (Å²) in [5.41, 5.74) is 1.99. The van der Waals surface area contributed by atoms with Crippen molar-refractivity contribution in [1.29, 1.82) is 0 Å². The number of carbonyl (C=O) groups is 1. The molecule has 1 aromatic heterocycles. The lowest BCUT2D eigenvalue weighted by molar-refractivity contribution is -0.136. The lowest BCUT2D eigenvalue weighted by atomic mass is 9.76. The Labute approximate surface area is 148 Å². The first-order valence-electron chi connectivity index (χ1n) is 9.48. The van der Waals surface area contributed by atoms with Crippen molar-refractivity contribution in [3.05, 3.63) is 30.6 Å². The number of likely N-dealkylation sites (tertiary alicyclic amines) is 1. The molecule has 2 fully saturated rings. The minimum Gasteiger partial charge on any atom is -0.396 e. The van der Waals surface area contributed by atoms with Gasteiger partial charge in [-0.3, -0.25) is 4.79 Å². The molecule has 5 nitrogen and oxygen atoms in total. The van der Waals surface area contributed by atoms with Crippen LogP contribution in [0.5, 0.6) is 0 Å². The molecule has 1 saturated heterocycles. The van der Waals surface area contributed by atoms with Crippen LogP contribution in [-0.4, -0.2) is 45.2 Å². The van der Waals surface area contributed by atoms with Crippen molar-refractivity contribution in [1.82, 2.24) is 14.5 Å². The number of aliphatic hydroxyl groups excluding tert-OH is 1. The smallest absolute Gasteiger partial charge is 0.224 e. The molecule has 5 heteroatoms. The molecule has 0 bridgehead atoms. The molecule has 2 aliphatic rings. The van der Waals surface area contributed by atoms with Gasteiger partial charge in [-0.2, -0.15) is 0 Å². The minimum atomic E-state index is -0.0588. The number of piperidine rings is 1. The van der Waals surface area contributed by atoms with Gasteiger partial charge >= 0.3 is 0 Å². The molecule has 1 atom stereocenters. The average Bonchev–Trinajstić information content (AvgIpc) is 3.36. The third kappa shape index (κ3) is 3.56. The molecule has 0 radical (unpaired) electrons. The molecular formula is C20H27N3O2. The highest BCUT2D eigenvalue weighted by Crippen LogP contribution is 2.44. The third-order valence-electron chi connectivity index (χ3n) is 5.86. The van der Waals surface area contributed by atoms with Crippen LogP contribution >= 0.6 is 0 Å². The van der Waals surface area contributed by atoms with Gasteiger partial charge in [-0.1, -0.05) is 25.0 Å². The summed E-state index contributed by atoms with van der Waals surface area (Å²) >= 11 is 0. The molecule has 1 aliphatic carbocycles. The first-order chi connectivity index (χ1) is 12.2. The van der Waals surface area contributed by atoms with Gasteiger partial charge in [0.1, 0.15) is 0 Å². The second kappa shape index (κ2) is 6.79. The van der Waals surface area contributed by atoms with E-state index in [0.29, 0.717) is 13.0 Å². The lowest BCUT2D eigenvalue weighted by Crippen LogP contribution is -2.48. The highest BCUT2D eigenvalue weighted by atomic mass is 16.3. The number of aliphatic hydroxyl groups is 1. The van der Waals surface area contributed by atoms with E-state index in [1.165, 1.54) is 12.8 Å².